The van der Waals surface area contributed by atoms with E-state index >= 15 is 0 Å². The topological polar surface area (TPSA) is 27.0 Å². The van der Waals surface area contributed by atoms with Gasteiger partial charge in [0.15, 0.2) is 0 Å². The normalized spacial score (nSPS) is 10.0. The van der Waals surface area contributed by atoms with Gasteiger partial charge in [-0.2, -0.15) is 5.26 Å². The molecule has 0 saturated heterocycles. The Hall–Kier alpha value is -1.50. The smallest absolute Gasteiger partial charge is 0.101 e. The third-order valence-corrected chi connectivity index (χ3v) is 3.53. The van der Waals surface area contributed by atoms with Crippen molar-refractivity contribution in [2.45, 2.75) is 6.54 Å². The number of nitriles is 1. The fourth-order valence-corrected chi connectivity index (χ4v) is 2.54. The Morgan fingerprint density at radius 3 is 2.74 bits per heavy atom. The van der Waals surface area contributed by atoms with Crippen molar-refractivity contribution in [3.05, 3.63) is 63.1 Å². The van der Waals surface area contributed by atoms with E-state index in [1.54, 1.807) is 12.1 Å². The van der Waals surface area contributed by atoms with E-state index in [2.05, 4.69) is 34.1 Å². The molecule has 0 bridgehead atoms. The molecular weight excluding hydrogens is 324 g/mol. The van der Waals surface area contributed by atoms with Gasteiger partial charge in [-0.1, -0.05) is 39.7 Å². The van der Waals surface area contributed by atoms with Gasteiger partial charge in [0.2, 0.25) is 0 Å². The van der Waals surface area contributed by atoms with Crippen molar-refractivity contribution in [2.75, 3.05) is 11.9 Å². The van der Waals surface area contributed by atoms with E-state index in [9.17, 15) is 0 Å². The lowest BCUT2D eigenvalue weighted by Crippen LogP contribution is -2.17. The van der Waals surface area contributed by atoms with Crippen LogP contribution < -0.4 is 4.90 Å². The number of nitrogens with zero attached hydrogens (tertiary/aromatic N) is 2. The third-order valence-electron chi connectivity index (χ3n) is 2.80. The lowest BCUT2D eigenvalue weighted by molar-refractivity contribution is 0.920. The summed E-state index contributed by atoms with van der Waals surface area (Å²) in [6.45, 7) is 0.732. The molecule has 0 N–H and O–H groups in total. The van der Waals surface area contributed by atoms with E-state index in [0.717, 1.165) is 16.7 Å². The molecule has 2 rings (SSSR count). The molecule has 0 fully saturated rings. The van der Waals surface area contributed by atoms with Gasteiger partial charge in [-0.25, -0.2) is 0 Å². The molecule has 0 aliphatic heterocycles. The second-order valence-electron chi connectivity index (χ2n) is 4.26. The minimum atomic E-state index is 0.580. The second-order valence-corrected chi connectivity index (χ2v) is 5.61. The van der Waals surface area contributed by atoms with Crippen LogP contribution in [0, 0.1) is 11.3 Å². The highest BCUT2D eigenvalue weighted by atomic mass is 79.9. The fraction of sp³-hybridized carbons (Fsp3) is 0.133. The molecule has 2 aromatic carbocycles. The van der Waals surface area contributed by atoms with Crippen LogP contribution in [-0.2, 0) is 6.54 Å². The first-order chi connectivity index (χ1) is 9.10. The molecule has 0 heterocycles. The van der Waals surface area contributed by atoms with Gasteiger partial charge in [-0.3, -0.25) is 0 Å². The van der Waals surface area contributed by atoms with Crippen molar-refractivity contribution >= 4 is 33.2 Å². The zero-order valence-electron chi connectivity index (χ0n) is 10.4. The second kappa shape index (κ2) is 6.10. The highest BCUT2D eigenvalue weighted by molar-refractivity contribution is 9.10. The average molecular weight is 336 g/mol. The van der Waals surface area contributed by atoms with E-state index in [4.69, 9.17) is 16.9 Å². The predicted octanol–water partition coefficient (Wildman–Crippen LogP) is 4.61. The first-order valence-electron chi connectivity index (χ1n) is 5.75. The molecule has 0 aliphatic rings. The van der Waals surface area contributed by atoms with Crippen LogP contribution in [0.25, 0.3) is 0 Å². The Kier molecular flexibility index (Phi) is 4.47. The minimum Gasteiger partial charge on any atom is -0.369 e. The van der Waals surface area contributed by atoms with Gasteiger partial charge in [0.1, 0.15) is 6.07 Å². The van der Waals surface area contributed by atoms with Crippen molar-refractivity contribution in [3.63, 3.8) is 0 Å². The predicted molar refractivity (Wildman–Crippen MR) is 82.4 cm³/mol. The molecule has 0 spiro atoms. The number of hydrogen-bond donors (Lipinski definition) is 0. The largest absolute Gasteiger partial charge is 0.369 e. The van der Waals surface area contributed by atoms with Crippen LogP contribution in [-0.4, -0.2) is 7.05 Å². The van der Waals surface area contributed by atoms with E-state index in [-0.39, 0.29) is 0 Å². The first kappa shape index (κ1) is 13.9. The van der Waals surface area contributed by atoms with Crippen molar-refractivity contribution in [2.24, 2.45) is 0 Å². The fourth-order valence-electron chi connectivity index (χ4n) is 1.93. The van der Waals surface area contributed by atoms with Gasteiger partial charge >= 0.3 is 0 Å². The van der Waals surface area contributed by atoms with Crippen molar-refractivity contribution in [1.29, 1.82) is 5.26 Å². The Bertz CT molecular complexity index is 634. The van der Waals surface area contributed by atoms with E-state index in [1.807, 2.05) is 30.1 Å². The van der Waals surface area contributed by atoms with E-state index < -0.39 is 0 Å². The maximum Gasteiger partial charge on any atom is 0.101 e. The molecule has 0 amide bonds. The monoisotopic (exact) mass is 334 g/mol. The number of halogens is 2. The Labute approximate surface area is 126 Å². The summed E-state index contributed by atoms with van der Waals surface area (Å²) in [7, 11) is 1.96. The van der Waals surface area contributed by atoms with Gasteiger partial charge < -0.3 is 4.90 Å². The van der Waals surface area contributed by atoms with Gasteiger partial charge in [-0.15, -0.1) is 0 Å². The summed E-state index contributed by atoms with van der Waals surface area (Å²) >= 11 is 9.36. The molecule has 0 atom stereocenters. The molecule has 4 heteroatoms. The lowest BCUT2D eigenvalue weighted by Gasteiger charge is -2.20. The van der Waals surface area contributed by atoms with Gasteiger partial charge in [0.05, 0.1) is 11.3 Å². The van der Waals surface area contributed by atoms with Crippen LogP contribution >= 0.6 is 27.5 Å². The zero-order chi connectivity index (χ0) is 13.8. The SMILES string of the molecule is CN(Cc1cccc(Br)c1)c1ccc(Cl)cc1C#N. The maximum absolute atomic E-state index is 9.16. The summed E-state index contributed by atoms with van der Waals surface area (Å²) in [5.41, 5.74) is 2.65. The number of benzene rings is 2. The zero-order valence-corrected chi connectivity index (χ0v) is 12.7. The number of anilines is 1. The summed E-state index contributed by atoms with van der Waals surface area (Å²) in [6, 6.07) is 15.7. The third kappa shape index (κ3) is 3.50. The number of rotatable bonds is 3. The number of hydrogen-bond acceptors (Lipinski definition) is 2. The van der Waals surface area contributed by atoms with Crippen LogP contribution in [0.1, 0.15) is 11.1 Å². The lowest BCUT2D eigenvalue weighted by atomic mass is 10.1. The molecule has 2 nitrogen and oxygen atoms in total. The van der Waals surface area contributed by atoms with E-state index in [1.165, 1.54) is 5.56 Å². The van der Waals surface area contributed by atoms with Crippen LogP contribution in [0.4, 0.5) is 5.69 Å². The summed E-state index contributed by atoms with van der Waals surface area (Å²) < 4.78 is 1.05. The van der Waals surface area contributed by atoms with Crippen molar-refractivity contribution < 1.29 is 0 Å². The van der Waals surface area contributed by atoms with Gasteiger partial charge in [0.25, 0.3) is 0 Å². The Balaban J connectivity index is 2.25. The van der Waals surface area contributed by atoms with Crippen LogP contribution in [0.5, 0.6) is 0 Å². The van der Waals surface area contributed by atoms with Crippen molar-refractivity contribution in [1.82, 2.24) is 0 Å². The molecule has 0 aromatic heterocycles. The van der Waals surface area contributed by atoms with Gasteiger partial charge in [-0.05, 0) is 35.9 Å². The molecular formula is C15H12BrClN2. The molecule has 96 valence electrons. The van der Waals surface area contributed by atoms with E-state index in [0.29, 0.717) is 10.6 Å². The van der Waals surface area contributed by atoms with Crippen LogP contribution in [0.15, 0.2) is 46.9 Å². The molecule has 0 aliphatic carbocycles. The summed E-state index contributed by atoms with van der Waals surface area (Å²) in [5, 5.41) is 9.74. The average Bonchev–Trinajstić information content (AvgIpc) is 2.38. The Morgan fingerprint density at radius 1 is 1.26 bits per heavy atom. The highest BCUT2D eigenvalue weighted by Crippen LogP contribution is 2.24. The standard InChI is InChI=1S/C15H12BrClN2/c1-19(10-11-3-2-4-13(16)7-11)15-6-5-14(17)8-12(15)9-18/h2-8H,10H2,1H3. The quantitative estimate of drug-likeness (QED) is 0.819. The summed E-state index contributed by atoms with van der Waals surface area (Å²) in [4.78, 5) is 2.04. The Morgan fingerprint density at radius 2 is 2.05 bits per heavy atom. The molecule has 0 unspecified atom stereocenters. The van der Waals surface area contributed by atoms with Crippen molar-refractivity contribution in [3.8, 4) is 6.07 Å². The molecule has 19 heavy (non-hydrogen) atoms. The molecule has 0 radical (unpaired) electrons. The van der Waals surface area contributed by atoms with Gasteiger partial charge in [0, 0.05) is 23.1 Å². The minimum absolute atomic E-state index is 0.580. The summed E-state index contributed by atoms with van der Waals surface area (Å²) in [5.74, 6) is 0. The molecule has 0 saturated carbocycles. The summed E-state index contributed by atoms with van der Waals surface area (Å²) in [6.07, 6.45) is 0. The highest BCUT2D eigenvalue weighted by Gasteiger charge is 2.08. The van der Waals surface area contributed by atoms with Crippen LogP contribution in [0.2, 0.25) is 5.02 Å². The van der Waals surface area contributed by atoms with Crippen LogP contribution in [0.3, 0.4) is 0 Å². The molecule has 2 aromatic rings. The first-order valence-corrected chi connectivity index (χ1v) is 6.92. The maximum atomic E-state index is 9.16.